The molecule has 3 aliphatic rings. The summed E-state index contributed by atoms with van der Waals surface area (Å²) >= 11 is 8.00. The first kappa shape index (κ1) is 39.6. The molecule has 2 unspecified atom stereocenters. The number of nitrogens with one attached hydrogen (secondary N) is 1. The number of likely N-dealkylation sites (tertiary alicyclic amines) is 2. The second-order valence-corrected chi connectivity index (χ2v) is 15.0. The van der Waals surface area contributed by atoms with Gasteiger partial charge in [-0.25, -0.2) is 4.79 Å². The maximum absolute atomic E-state index is 11.1. The van der Waals surface area contributed by atoms with Crippen molar-refractivity contribution in [1.29, 1.82) is 0 Å². The average molecular weight is 816 g/mol. The zero-order valence-corrected chi connectivity index (χ0v) is 31.7. The van der Waals surface area contributed by atoms with Gasteiger partial charge in [0, 0.05) is 62.7 Å². The Balaban J connectivity index is 0.000000174. The van der Waals surface area contributed by atoms with E-state index in [1.54, 1.807) is 13.0 Å². The number of aromatic carboxylic acids is 1. The number of thiophene rings is 1. The Bertz CT molecular complexity index is 1500. The Labute approximate surface area is 304 Å². The fourth-order valence-corrected chi connectivity index (χ4v) is 7.50. The van der Waals surface area contributed by atoms with E-state index in [9.17, 15) is 9.59 Å². The van der Waals surface area contributed by atoms with Crippen LogP contribution in [-0.4, -0.2) is 96.2 Å². The number of rotatable bonds is 3. The van der Waals surface area contributed by atoms with E-state index in [1.807, 2.05) is 42.5 Å². The predicted molar refractivity (Wildman–Crippen MR) is 202 cm³/mol. The van der Waals surface area contributed by atoms with Crippen molar-refractivity contribution in [2.24, 2.45) is 11.5 Å². The molecule has 0 aliphatic carbocycles. The molecule has 2 aromatic carbocycles. The van der Waals surface area contributed by atoms with Gasteiger partial charge in [0.05, 0.1) is 12.3 Å². The summed E-state index contributed by atoms with van der Waals surface area (Å²) in [6, 6.07) is 16.8. The lowest BCUT2D eigenvalue weighted by atomic mass is 9.98. The highest BCUT2D eigenvalue weighted by atomic mass is 79.9. The lowest BCUT2D eigenvalue weighted by Crippen LogP contribution is -2.50. The first-order chi connectivity index (χ1) is 22.0. The van der Waals surface area contributed by atoms with Crippen molar-refractivity contribution in [1.82, 2.24) is 14.8 Å². The number of benzene rings is 2. The van der Waals surface area contributed by atoms with Gasteiger partial charge in [-0.2, -0.15) is 0 Å². The van der Waals surface area contributed by atoms with Crippen LogP contribution in [0.15, 0.2) is 57.5 Å². The second-order valence-electron chi connectivity index (χ2n) is 12.1. The molecule has 5 heterocycles. The van der Waals surface area contributed by atoms with Crippen LogP contribution < -0.4 is 11.5 Å². The van der Waals surface area contributed by atoms with Crippen LogP contribution in [0.25, 0.3) is 21.0 Å². The maximum Gasteiger partial charge on any atom is 0.345 e. The van der Waals surface area contributed by atoms with Crippen LogP contribution in [-0.2, 0) is 4.74 Å². The fourth-order valence-electron chi connectivity index (χ4n) is 5.68. The number of hydrogen-bond acceptors (Lipinski definition) is 8. The molecule has 6 N–H and O–H groups in total. The Hall–Kier alpha value is -1.87. The molecule has 0 saturated carbocycles. The summed E-state index contributed by atoms with van der Waals surface area (Å²) in [6.45, 7) is 8.12. The molecule has 7 rings (SSSR count). The molecule has 0 spiro atoms. The number of nitrogens with zero attached hydrogens (tertiary/aromatic N) is 2. The van der Waals surface area contributed by atoms with Crippen LogP contribution in [0, 0.1) is 0 Å². The number of piperidine rings is 2. The summed E-state index contributed by atoms with van der Waals surface area (Å²) in [5, 5.41) is 10.8. The minimum Gasteiger partial charge on any atom is -0.477 e. The van der Waals surface area contributed by atoms with Crippen molar-refractivity contribution in [2.45, 2.75) is 57.2 Å². The molecule has 4 aromatic rings. The summed E-state index contributed by atoms with van der Waals surface area (Å²) < 4.78 is 7.91. The monoisotopic (exact) mass is 813 g/mol. The number of hydrogen-bond donors (Lipinski definition) is 4. The van der Waals surface area contributed by atoms with Crippen molar-refractivity contribution in [3.8, 4) is 0 Å². The maximum atomic E-state index is 11.1. The van der Waals surface area contributed by atoms with Gasteiger partial charge < -0.3 is 31.2 Å². The van der Waals surface area contributed by atoms with Crippen LogP contribution in [0.3, 0.4) is 0 Å². The number of carboxylic acids is 1. The Kier molecular flexibility index (Phi) is 16.3. The van der Waals surface area contributed by atoms with E-state index >= 15 is 0 Å². The van der Waals surface area contributed by atoms with E-state index in [4.69, 9.17) is 21.3 Å². The molecule has 258 valence electrons. The first-order valence-electron chi connectivity index (χ1n) is 15.7. The Morgan fingerprint density at radius 2 is 1.62 bits per heavy atom. The number of nitrogens with two attached hydrogens (primary N) is 2. The molecule has 2 aromatic heterocycles. The smallest absolute Gasteiger partial charge is 0.345 e. The number of H-pyrrole nitrogens is 1. The largest absolute Gasteiger partial charge is 0.477 e. The highest BCUT2D eigenvalue weighted by Gasteiger charge is 2.26. The number of fused-ring (bicyclic) bond motifs is 2. The van der Waals surface area contributed by atoms with E-state index in [-0.39, 0.29) is 18.2 Å². The van der Waals surface area contributed by atoms with Gasteiger partial charge in [0.15, 0.2) is 5.78 Å². The Morgan fingerprint density at radius 1 is 0.936 bits per heavy atom. The molecule has 13 heteroatoms. The zero-order valence-electron chi connectivity index (χ0n) is 26.9. The summed E-state index contributed by atoms with van der Waals surface area (Å²) in [4.78, 5) is 30.2. The van der Waals surface area contributed by atoms with Crippen LogP contribution in [0.5, 0.6) is 0 Å². The van der Waals surface area contributed by atoms with E-state index in [1.165, 1.54) is 56.7 Å². The SMILES string of the molecule is CC(=O)c1cc2ccc(Br)cc2[nH]1.CN1CCC(N2CCCC(N)C2)CC1.Cl.NC1CCOC1.O=C(O)c1cc2ccc(Br)cc2s1. The average Bonchev–Trinajstić information content (AvgIpc) is 3.78. The third kappa shape index (κ3) is 12.5. The van der Waals surface area contributed by atoms with Gasteiger partial charge in [-0.15, -0.1) is 23.7 Å². The van der Waals surface area contributed by atoms with Crippen molar-refractivity contribution >= 4 is 88.3 Å². The normalized spacial score (nSPS) is 20.2. The lowest BCUT2D eigenvalue weighted by molar-refractivity contribution is 0.0702. The number of carbonyl (C=O) groups excluding carboxylic acids is 1. The minimum absolute atomic E-state index is 0. The van der Waals surface area contributed by atoms with Crippen molar-refractivity contribution in [3.63, 3.8) is 0 Å². The molecule has 3 fully saturated rings. The van der Waals surface area contributed by atoms with Gasteiger partial charge in [0.1, 0.15) is 4.88 Å². The van der Waals surface area contributed by atoms with E-state index in [2.05, 4.69) is 53.7 Å². The van der Waals surface area contributed by atoms with E-state index in [0.717, 1.165) is 62.2 Å². The number of carbonyl (C=O) groups is 2. The third-order valence-corrected chi connectivity index (χ3v) is 10.4. The molecule has 3 aliphatic heterocycles. The van der Waals surface area contributed by atoms with Gasteiger partial charge >= 0.3 is 5.97 Å². The molecule has 0 radical (unpaired) electrons. The molecular formula is C34H46Br2ClN5O4S. The highest BCUT2D eigenvalue weighted by molar-refractivity contribution is 9.10. The summed E-state index contributed by atoms with van der Waals surface area (Å²) in [6.07, 6.45) is 6.24. The minimum atomic E-state index is -0.864. The van der Waals surface area contributed by atoms with E-state index in [0.29, 0.717) is 22.7 Å². The second kappa shape index (κ2) is 19.4. The van der Waals surface area contributed by atoms with Crippen LogP contribution >= 0.6 is 55.6 Å². The number of aromatic nitrogens is 1. The van der Waals surface area contributed by atoms with Gasteiger partial charge in [-0.1, -0.05) is 44.0 Å². The first-order valence-corrected chi connectivity index (χ1v) is 18.1. The quantitative estimate of drug-likeness (QED) is 0.160. The van der Waals surface area contributed by atoms with Gasteiger partial charge in [-0.05, 0) is 101 Å². The van der Waals surface area contributed by atoms with Crippen molar-refractivity contribution in [3.05, 3.63) is 68.0 Å². The zero-order chi connectivity index (χ0) is 33.2. The predicted octanol–water partition coefficient (Wildman–Crippen LogP) is 7.15. The van der Waals surface area contributed by atoms with Crippen LogP contribution in [0.1, 0.15) is 59.2 Å². The molecule has 9 nitrogen and oxygen atoms in total. The number of aromatic amines is 1. The molecule has 3 saturated heterocycles. The topological polar surface area (TPSA) is 138 Å². The van der Waals surface area contributed by atoms with Crippen LogP contribution in [0.2, 0.25) is 0 Å². The summed E-state index contributed by atoms with van der Waals surface area (Å²) in [7, 11) is 2.22. The lowest BCUT2D eigenvalue weighted by Gasteiger charge is -2.40. The Morgan fingerprint density at radius 3 is 2.19 bits per heavy atom. The number of carboxylic acid groups (broad SMARTS) is 1. The number of ether oxygens (including phenoxy) is 1. The standard InChI is InChI=1S/C11H23N3.C10H8BrNO.C9H5BrO2S.C4H9NO.ClH/c1-13-7-4-11(5-8-13)14-6-2-3-10(12)9-14;1-6(13)9-4-7-2-3-8(11)5-10(7)12-9;10-6-2-1-5-3-8(9(11)12)13-7(5)4-6;5-4-1-2-6-3-4;/h10-11H,2-9,12H2,1H3;2-5,12H,1H3;1-4H,(H,11,12);4H,1-3,5H2;1H. The highest BCUT2D eigenvalue weighted by Crippen LogP contribution is 2.28. The summed E-state index contributed by atoms with van der Waals surface area (Å²) in [5.41, 5.74) is 13.1. The molecule has 0 bridgehead atoms. The molecular weight excluding hydrogens is 770 g/mol. The molecule has 2 atom stereocenters. The molecule has 0 amide bonds. The van der Waals surface area contributed by atoms with Crippen molar-refractivity contribution < 1.29 is 19.4 Å². The van der Waals surface area contributed by atoms with E-state index < -0.39 is 5.97 Å². The van der Waals surface area contributed by atoms with Gasteiger partial charge in [0.25, 0.3) is 0 Å². The number of Topliss-reactive ketones (excluding diaryl/α,β-unsaturated/α-hetero) is 1. The third-order valence-electron chi connectivity index (χ3n) is 8.32. The fraction of sp³-hybridized carbons (Fsp3) is 0.471. The molecule has 47 heavy (non-hydrogen) atoms. The van der Waals surface area contributed by atoms with Crippen molar-refractivity contribution in [2.75, 3.05) is 46.4 Å². The number of ketones is 1. The van der Waals surface area contributed by atoms with Gasteiger partial charge in [0.2, 0.25) is 0 Å². The number of halogens is 3. The van der Waals surface area contributed by atoms with Crippen LogP contribution in [0.4, 0.5) is 0 Å². The van der Waals surface area contributed by atoms with Gasteiger partial charge in [-0.3, -0.25) is 9.69 Å². The summed E-state index contributed by atoms with van der Waals surface area (Å²) in [5.74, 6) is -0.801.